The lowest BCUT2D eigenvalue weighted by atomic mass is 10.2. The maximum Gasteiger partial charge on any atom is 0.296 e. The first-order valence-electron chi connectivity index (χ1n) is 5.42. The average molecular weight is 278 g/mol. The molecule has 0 saturated carbocycles. The summed E-state index contributed by atoms with van der Waals surface area (Å²) in [6.07, 6.45) is 3.18. The van der Waals surface area contributed by atoms with Gasteiger partial charge in [-0.05, 0) is 30.9 Å². The summed E-state index contributed by atoms with van der Waals surface area (Å²) in [5.74, 6) is -0.356. The van der Waals surface area contributed by atoms with Crippen LogP contribution >= 0.6 is 11.8 Å². The highest BCUT2D eigenvalue weighted by Crippen LogP contribution is 2.08. The fourth-order valence-corrected chi connectivity index (χ4v) is 1.81. The maximum absolute atomic E-state index is 13.0. The molecule has 0 fully saturated rings. The van der Waals surface area contributed by atoms with E-state index in [1.54, 1.807) is 25.3 Å². The van der Waals surface area contributed by atoms with Crippen LogP contribution in [0.5, 0.6) is 0 Å². The molecule has 0 bridgehead atoms. The minimum Gasteiger partial charge on any atom is -0.265 e. The zero-order chi connectivity index (χ0) is 13.8. The first-order valence-corrected chi connectivity index (χ1v) is 6.64. The third-order valence-electron chi connectivity index (χ3n) is 2.32. The topological polar surface area (TPSA) is 60.1 Å². The van der Waals surface area contributed by atoms with Gasteiger partial charge in [-0.1, -0.05) is 23.9 Å². The van der Waals surface area contributed by atoms with Crippen LogP contribution in [0, 0.1) is 12.7 Å². The van der Waals surface area contributed by atoms with Crippen molar-refractivity contribution in [2.45, 2.75) is 12.1 Å². The molecule has 2 rings (SSSR count). The van der Waals surface area contributed by atoms with Crippen LogP contribution in [0.1, 0.15) is 11.3 Å². The van der Waals surface area contributed by atoms with Crippen LogP contribution in [0.15, 0.2) is 39.3 Å². The Bertz CT molecular complexity index is 684. The van der Waals surface area contributed by atoms with Gasteiger partial charge in [-0.15, -0.1) is 10.2 Å². The molecule has 1 heterocycles. The lowest BCUT2D eigenvalue weighted by Gasteiger charge is -2.03. The van der Waals surface area contributed by atoms with Crippen LogP contribution in [0.25, 0.3) is 0 Å². The van der Waals surface area contributed by atoms with Crippen molar-refractivity contribution >= 4 is 18.0 Å². The van der Waals surface area contributed by atoms with E-state index in [4.69, 9.17) is 0 Å². The lowest BCUT2D eigenvalue weighted by Crippen LogP contribution is -2.23. The lowest BCUT2D eigenvalue weighted by molar-refractivity contribution is 0.626. The Kier molecular flexibility index (Phi) is 4.06. The smallest absolute Gasteiger partial charge is 0.265 e. The molecule has 19 heavy (non-hydrogen) atoms. The quantitative estimate of drug-likeness (QED) is 0.633. The Labute approximate surface area is 113 Å². The second kappa shape index (κ2) is 5.75. The second-order valence-electron chi connectivity index (χ2n) is 3.69. The molecule has 0 radical (unpaired) electrons. The Morgan fingerprint density at radius 1 is 1.42 bits per heavy atom. The number of nitrogens with zero attached hydrogens (tertiary/aromatic N) is 4. The summed E-state index contributed by atoms with van der Waals surface area (Å²) < 4.78 is 14.2. The summed E-state index contributed by atoms with van der Waals surface area (Å²) in [6.45, 7) is 1.56. The van der Waals surface area contributed by atoms with E-state index in [-0.39, 0.29) is 17.1 Å². The van der Waals surface area contributed by atoms with Crippen molar-refractivity contribution in [1.29, 1.82) is 0 Å². The van der Waals surface area contributed by atoms with Crippen LogP contribution in [0.2, 0.25) is 0 Å². The molecule has 7 heteroatoms. The zero-order valence-corrected chi connectivity index (χ0v) is 11.2. The van der Waals surface area contributed by atoms with Gasteiger partial charge in [0.15, 0.2) is 0 Å². The van der Waals surface area contributed by atoms with E-state index >= 15 is 0 Å². The summed E-state index contributed by atoms with van der Waals surface area (Å²) in [6, 6.07) is 5.94. The van der Waals surface area contributed by atoms with Crippen molar-refractivity contribution in [2.24, 2.45) is 5.10 Å². The first-order chi connectivity index (χ1) is 9.11. The van der Waals surface area contributed by atoms with Crippen molar-refractivity contribution in [3.63, 3.8) is 0 Å². The van der Waals surface area contributed by atoms with Gasteiger partial charge in [-0.25, -0.2) is 4.39 Å². The zero-order valence-electron chi connectivity index (χ0n) is 10.4. The SMILES string of the molecule is CSc1nnc(C)c(=O)n1/N=C\c1cccc(F)c1. The van der Waals surface area contributed by atoms with E-state index in [0.717, 1.165) is 4.68 Å². The highest BCUT2D eigenvalue weighted by molar-refractivity contribution is 7.98. The molecule has 0 spiro atoms. The molecule has 0 aliphatic rings. The molecular formula is C12H11FN4OS. The number of thioether (sulfide) groups is 1. The fourth-order valence-electron chi connectivity index (χ4n) is 1.38. The Morgan fingerprint density at radius 3 is 2.89 bits per heavy atom. The molecular weight excluding hydrogens is 267 g/mol. The third kappa shape index (κ3) is 3.05. The molecule has 0 unspecified atom stereocenters. The number of halogens is 1. The van der Waals surface area contributed by atoms with Crippen molar-refractivity contribution in [3.05, 3.63) is 51.7 Å². The van der Waals surface area contributed by atoms with Gasteiger partial charge in [0.2, 0.25) is 5.16 Å². The highest BCUT2D eigenvalue weighted by Gasteiger charge is 2.06. The average Bonchev–Trinajstić information content (AvgIpc) is 2.40. The number of aromatic nitrogens is 3. The van der Waals surface area contributed by atoms with E-state index in [2.05, 4.69) is 15.3 Å². The number of benzene rings is 1. The largest absolute Gasteiger partial charge is 0.296 e. The van der Waals surface area contributed by atoms with Crippen molar-refractivity contribution in [1.82, 2.24) is 14.9 Å². The van der Waals surface area contributed by atoms with Crippen LogP contribution < -0.4 is 5.56 Å². The summed E-state index contributed by atoms with van der Waals surface area (Å²) in [4.78, 5) is 11.9. The van der Waals surface area contributed by atoms with Crippen molar-refractivity contribution in [2.75, 3.05) is 6.26 Å². The van der Waals surface area contributed by atoms with E-state index < -0.39 is 0 Å². The van der Waals surface area contributed by atoms with Crippen molar-refractivity contribution < 1.29 is 4.39 Å². The molecule has 5 nitrogen and oxygen atoms in total. The predicted octanol–water partition coefficient (Wildman–Crippen LogP) is 1.69. The minimum atomic E-state index is -0.356. The van der Waals surface area contributed by atoms with Gasteiger partial charge in [0.25, 0.3) is 5.56 Å². The summed E-state index contributed by atoms with van der Waals surface area (Å²) in [7, 11) is 0. The Hall–Kier alpha value is -2.02. The van der Waals surface area contributed by atoms with Gasteiger partial charge in [0.05, 0.1) is 6.21 Å². The number of rotatable bonds is 3. The molecule has 1 aromatic heterocycles. The molecule has 0 saturated heterocycles. The van der Waals surface area contributed by atoms with E-state index in [1.807, 2.05) is 0 Å². The first kappa shape index (κ1) is 13.4. The number of hydrogen-bond acceptors (Lipinski definition) is 5. The van der Waals surface area contributed by atoms with Gasteiger partial charge in [-0.3, -0.25) is 4.79 Å². The van der Waals surface area contributed by atoms with E-state index in [1.165, 1.54) is 30.1 Å². The fraction of sp³-hybridized carbons (Fsp3) is 0.167. The van der Waals surface area contributed by atoms with Gasteiger partial charge < -0.3 is 0 Å². The normalized spacial score (nSPS) is 11.1. The Morgan fingerprint density at radius 2 is 2.21 bits per heavy atom. The summed E-state index contributed by atoms with van der Waals surface area (Å²) in [5, 5.41) is 12.0. The maximum atomic E-state index is 13.0. The molecule has 98 valence electrons. The second-order valence-corrected chi connectivity index (χ2v) is 4.46. The highest BCUT2D eigenvalue weighted by atomic mass is 32.2. The van der Waals surface area contributed by atoms with Crippen LogP contribution in [0.3, 0.4) is 0 Å². The summed E-state index contributed by atoms with van der Waals surface area (Å²) >= 11 is 1.26. The molecule has 0 amide bonds. The molecule has 0 aliphatic carbocycles. The molecule has 0 aliphatic heterocycles. The van der Waals surface area contributed by atoms with Gasteiger partial charge in [-0.2, -0.15) is 9.78 Å². The van der Waals surface area contributed by atoms with Crippen LogP contribution in [-0.2, 0) is 0 Å². The Balaban J connectivity index is 2.43. The standard InChI is InChI=1S/C12H11FN4OS/c1-8-11(18)17(12(19-2)16-15-8)14-7-9-4-3-5-10(13)6-9/h3-7H,1-2H3/b14-7-. The van der Waals surface area contributed by atoms with Gasteiger partial charge in [0.1, 0.15) is 11.5 Å². The van der Waals surface area contributed by atoms with Crippen molar-refractivity contribution in [3.8, 4) is 0 Å². The number of aryl methyl sites for hydroxylation is 1. The molecule has 0 atom stereocenters. The molecule has 0 N–H and O–H groups in total. The van der Waals surface area contributed by atoms with Gasteiger partial charge >= 0.3 is 0 Å². The van der Waals surface area contributed by atoms with Gasteiger partial charge in [0, 0.05) is 0 Å². The van der Waals surface area contributed by atoms with E-state index in [9.17, 15) is 9.18 Å². The predicted molar refractivity (Wildman–Crippen MR) is 72.2 cm³/mol. The van der Waals surface area contributed by atoms with E-state index in [0.29, 0.717) is 10.7 Å². The molecule has 2 aromatic rings. The minimum absolute atomic E-state index is 0.259. The third-order valence-corrected chi connectivity index (χ3v) is 2.94. The van der Waals surface area contributed by atoms with Crippen LogP contribution in [0.4, 0.5) is 4.39 Å². The number of hydrogen-bond donors (Lipinski definition) is 0. The molecule has 1 aromatic carbocycles. The monoisotopic (exact) mass is 278 g/mol. The summed E-state index contributed by atoms with van der Waals surface area (Å²) in [5.41, 5.74) is 0.481. The van der Waals surface area contributed by atoms with Crippen LogP contribution in [-0.4, -0.2) is 27.3 Å².